The molecule has 1 aromatic carbocycles. The Hall–Kier alpha value is -1.57. The minimum absolute atomic E-state index is 0.264. The summed E-state index contributed by atoms with van der Waals surface area (Å²) in [5.41, 5.74) is 2.52. The maximum absolute atomic E-state index is 4.73. The first-order valence-corrected chi connectivity index (χ1v) is 7.00. The zero-order chi connectivity index (χ0) is 14.0. The topological polar surface area (TPSA) is 24.9 Å². The molecule has 1 aromatic heterocycles. The van der Waals surface area contributed by atoms with Gasteiger partial charge in [-0.3, -0.25) is 0 Å². The van der Waals surface area contributed by atoms with Crippen LogP contribution in [0, 0.1) is 18.3 Å². The number of para-hydroxylation sites is 1. The van der Waals surface area contributed by atoms with Crippen LogP contribution in [0.25, 0.3) is 10.9 Å². The van der Waals surface area contributed by atoms with Gasteiger partial charge in [-0.05, 0) is 36.0 Å². The fourth-order valence-corrected chi connectivity index (χ4v) is 1.92. The smallest absolute Gasteiger partial charge is 0.129 e. The zero-order valence-electron chi connectivity index (χ0n) is 12.6. The van der Waals surface area contributed by atoms with Crippen molar-refractivity contribution in [2.45, 2.75) is 34.6 Å². The second-order valence-electron chi connectivity index (χ2n) is 6.34. The molecule has 2 rings (SSSR count). The van der Waals surface area contributed by atoms with Crippen molar-refractivity contribution in [3.63, 3.8) is 0 Å². The maximum atomic E-state index is 4.73. The van der Waals surface area contributed by atoms with E-state index >= 15 is 0 Å². The van der Waals surface area contributed by atoms with Crippen LogP contribution in [0.2, 0.25) is 0 Å². The van der Waals surface area contributed by atoms with E-state index in [-0.39, 0.29) is 5.41 Å². The molecule has 19 heavy (non-hydrogen) atoms. The Labute approximate surface area is 116 Å². The summed E-state index contributed by atoms with van der Waals surface area (Å²) in [4.78, 5) is 4.73. The molecule has 2 heteroatoms. The fourth-order valence-electron chi connectivity index (χ4n) is 1.92. The van der Waals surface area contributed by atoms with Crippen molar-refractivity contribution < 1.29 is 0 Å². The van der Waals surface area contributed by atoms with Gasteiger partial charge in [0.2, 0.25) is 0 Å². The Morgan fingerprint density at radius 1 is 1.21 bits per heavy atom. The molecule has 1 N–H and O–H groups in total. The molecule has 0 aliphatic heterocycles. The Bertz CT molecular complexity index is 570. The van der Waals surface area contributed by atoms with Crippen LogP contribution in [0.5, 0.6) is 0 Å². The van der Waals surface area contributed by atoms with Gasteiger partial charge < -0.3 is 5.32 Å². The van der Waals surface area contributed by atoms with Crippen molar-refractivity contribution in [1.29, 1.82) is 0 Å². The molecule has 1 heterocycles. The molecule has 0 spiro atoms. The molecule has 0 aliphatic carbocycles. The molecule has 0 fully saturated rings. The van der Waals surface area contributed by atoms with Crippen LogP contribution in [0.4, 0.5) is 5.82 Å². The lowest BCUT2D eigenvalue weighted by atomic mass is 9.81. The van der Waals surface area contributed by atoms with E-state index in [1.54, 1.807) is 0 Å². The molecule has 0 amide bonds. The second-order valence-corrected chi connectivity index (χ2v) is 6.34. The lowest BCUT2D eigenvalue weighted by molar-refractivity contribution is 0.269. The molecule has 0 saturated heterocycles. The Morgan fingerprint density at radius 3 is 2.58 bits per heavy atom. The number of fused-ring (bicyclic) bond motifs is 1. The minimum atomic E-state index is 0.264. The monoisotopic (exact) mass is 256 g/mol. The average Bonchev–Trinajstić information content (AvgIpc) is 2.36. The first-order chi connectivity index (χ1) is 8.90. The third kappa shape index (κ3) is 3.06. The van der Waals surface area contributed by atoms with Crippen molar-refractivity contribution in [1.82, 2.24) is 4.98 Å². The van der Waals surface area contributed by atoms with Gasteiger partial charge in [-0.1, -0.05) is 45.9 Å². The van der Waals surface area contributed by atoms with Crippen molar-refractivity contribution >= 4 is 16.7 Å². The largest absolute Gasteiger partial charge is 0.369 e. The summed E-state index contributed by atoms with van der Waals surface area (Å²) in [6, 6.07) is 10.5. The number of hydrogen-bond donors (Lipinski definition) is 1. The highest BCUT2D eigenvalue weighted by atomic mass is 15.0. The molecule has 102 valence electrons. The third-order valence-electron chi connectivity index (χ3n) is 4.19. The van der Waals surface area contributed by atoms with Gasteiger partial charge in [0.05, 0.1) is 5.52 Å². The molecule has 0 saturated carbocycles. The molecule has 0 unspecified atom stereocenters. The van der Waals surface area contributed by atoms with Crippen LogP contribution in [0.3, 0.4) is 0 Å². The number of aromatic nitrogens is 1. The number of pyridine rings is 1. The lowest BCUT2D eigenvalue weighted by Gasteiger charge is -2.30. The van der Waals surface area contributed by atoms with E-state index < -0.39 is 0 Å². The number of rotatable bonds is 4. The predicted molar refractivity (Wildman–Crippen MR) is 83.6 cm³/mol. The van der Waals surface area contributed by atoms with Gasteiger partial charge in [0.25, 0.3) is 0 Å². The molecule has 0 atom stereocenters. The first kappa shape index (κ1) is 13.9. The van der Waals surface area contributed by atoms with Crippen molar-refractivity contribution in [2.75, 3.05) is 11.9 Å². The summed E-state index contributed by atoms with van der Waals surface area (Å²) >= 11 is 0. The quantitative estimate of drug-likeness (QED) is 0.862. The van der Waals surface area contributed by atoms with E-state index in [2.05, 4.69) is 64.2 Å². The molecule has 0 aliphatic rings. The Morgan fingerprint density at radius 2 is 1.89 bits per heavy atom. The highest BCUT2D eigenvalue weighted by Gasteiger charge is 2.22. The van der Waals surface area contributed by atoms with Gasteiger partial charge in [-0.2, -0.15) is 0 Å². The van der Waals surface area contributed by atoms with Gasteiger partial charge in [0.15, 0.2) is 0 Å². The fraction of sp³-hybridized carbons (Fsp3) is 0.471. The molecule has 2 aromatic rings. The van der Waals surface area contributed by atoms with Gasteiger partial charge in [-0.25, -0.2) is 4.98 Å². The summed E-state index contributed by atoms with van der Waals surface area (Å²) in [7, 11) is 0. The van der Waals surface area contributed by atoms with Crippen molar-refractivity contribution in [2.24, 2.45) is 11.3 Å². The summed E-state index contributed by atoms with van der Waals surface area (Å²) in [6.45, 7) is 12.2. The number of aryl methyl sites for hydroxylation is 1. The number of nitrogens with one attached hydrogen (secondary N) is 1. The Kier molecular flexibility index (Phi) is 3.79. The standard InChI is InChI=1S/C17H24N2/c1-12(2)17(4,5)11-18-16-13(3)10-14-8-6-7-9-15(14)19-16/h6-10,12H,11H2,1-5H3,(H,18,19). The maximum Gasteiger partial charge on any atom is 0.129 e. The average molecular weight is 256 g/mol. The van der Waals surface area contributed by atoms with E-state index in [0.717, 1.165) is 17.9 Å². The summed E-state index contributed by atoms with van der Waals surface area (Å²) in [5, 5.41) is 4.72. The predicted octanol–water partition coefficient (Wildman–Crippen LogP) is 4.64. The number of hydrogen-bond acceptors (Lipinski definition) is 2. The van der Waals surface area contributed by atoms with Crippen LogP contribution < -0.4 is 5.32 Å². The van der Waals surface area contributed by atoms with E-state index in [9.17, 15) is 0 Å². The van der Waals surface area contributed by atoms with E-state index in [1.807, 2.05) is 6.07 Å². The van der Waals surface area contributed by atoms with E-state index in [1.165, 1.54) is 10.9 Å². The molecule has 0 bridgehead atoms. The van der Waals surface area contributed by atoms with Gasteiger partial charge >= 0.3 is 0 Å². The van der Waals surface area contributed by atoms with Crippen molar-refractivity contribution in [3.8, 4) is 0 Å². The first-order valence-electron chi connectivity index (χ1n) is 7.00. The number of benzene rings is 1. The second kappa shape index (κ2) is 5.20. The van der Waals surface area contributed by atoms with Gasteiger partial charge in [0.1, 0.15) is 5.82 Å². The summed E-state index contributed by atoms with van der Waals surface area (Å²) in [6.07, 6.45) is 0. The molecular formula is C17H24N2. The lowest BCUT2D eigenvalue weighted by Crippen LogP contribution is -2.29. The number of nitrogens with zero attached hydrogens (tertiary/aromatic N) is 1. The molecule has 0 radical (unpaired) electrons. The van der Waals surface area contributed by atoms with Crippen LogP contribution in [0.15, 0.2) is 30.3 Å². The van der Waals surface area contributed by atoms with Crippen LogP contribution >= 0.6 is 0 Å². The SMILES string of the molecule is Cc1cc2ccccc2nc1NCC(C)(C)C(C)C. The van der Waals surface area contributed by atoms with Crippen LogP contribution in [-0.2, 0) is 0 Å². The van der Waals surface area contributed by atoms with Crippen LogP contribution in [-0.4, -0.2) is 11.5 Å². The highest BCUT2D eigenvalue weighted by molar-refractivity contribution is 5.81. The summed E-state index contributed by atoms with van der Waals surface area (Å²) in [5.74, 6) is 1.65. The summed E-state index contributed by atoms with van der Waals surface area (Å²) < 4.78 is 0. The van der Waals surface area contributed by atoms with E-state index in [0.29, 0.717) is 5.92 Å². The van der Waals surface area contributed by atoms with Gasteiger partial charge in [-0.15, -0.1) is 0 Å². The van der Waals surface area contributed by atoms with Crippen LogP contribution in [0.1, 0.15) is 33.3 Å². The minimum Gasteiger partial charge on any atom is -0.369 e. The van der Waals surface area contributed by atoms with Crippen molar-refractivity contribution in [3.05, 3.63) is 35.9 Å². The third-order valence-corrected chi connectivity index (χ3v) is 4.19. The number of anilines is 1. The highest BCUT2D eigenvalue weighted by Crippen LogP contribution is 2.27. The zero-order valence-corrected chi connectivity index (χ0v) is 12.6. The van der Waals surface area contributed by atoms with Gasteiger partial charge in [0, 0.05) is 11.9 Å². The molecule has 2 nitrogen and oxygen atoms in total. The normalized spacial score (nSPS) is 12.1. The molecular weight excluding hydrogens is 232 g/mol. The Balaban J connectivity index is 2.23. The van der Waals surface area contributed by atoms with E-state index in [4.69, 9.17) is 4.98 Å².